The number of halogens is 1. The van der Waals surface area contributed by atoms with Crippen LogP contribution in [0.5, 0.6) is 0 Å². The Bertz CT molecular complexity index is 1180. The summed E-state index contributed by atoms with van der Waals surface area (Å²) >= 11 is 3.48. The Morgan fingerprint density at radius 3 is 2.19 bits per heavy atom. The number of aryl methyl sites for hydroxylation is 3. The lowest BCUT2D eigenvalue weighted by Crippen LogP contribution is -2.31. The van der Waals surface area contributed by atoms with E-state index < -0.39 is 16.1 Å². The van der Waals surface area contributed by atoms with Crippen molar-refractivity contribution in [3.8, 4) is 0 Å². The Balaban J connectivity index is 1.84. The second-order valence-electron chi connectivity index (χ2n) is 7.57. The largest absolute Gasteiger partial charge is 0.325 e. The number of benzene rings is 3. The summed E-state index contributed by atoms with van der Waals surface area (Å²) in [6.07, 6.45) is -0.0472. The van der Waals surface area contributed by atoms with E-state index in [-0.39, 0.29) is 17.2 Å². The first-order valence-corrected chi connectivity index (χ1v) is 12.1. The molecule has 1 amide bonds. The van der Waals surface area contributed by atoms with Crippen molar-refractivity contribution in [2.24, 2.45) is 0 Å². The number of sulfonamides is 1. The van der Waals surface area contributed by atoms with Crippen LogP contribution < -0.4 is 10.0 Å². The van der Waals surface area contributed by atoms with Crippen molar-refractivity contribution in [2.75, 3.05) is 5.32 Å². The van der Waals surface area contributed by atoms with Crippen LogP contribution >= 0.6 is 15.9 Å². The number of hydrogen-bond donors (Lipinski definition) is 2. The molecular weight excluding hydrogens is 476 g/mol. The van der Waals surface area contributed by atoms with Crippen LogP contribution in [0.2, 0.25) is 0 Å². The van der Waals surface area contributed by atoms with Crippen LogP contribution in [0.15, 0.2) is 76.1 Å². The predicted octanol–water partition coefficient (Wildman–Crippen LogP) is 5.42. The van der Waals surface area contributed by atoms with Crippen LogP contribution in [0.3, 0.4) is 0 Å². The molecule has 0 aliphatic rings. The Kier molecular flexibility index (Phi) is 7.30. The second kappa shape index (κ2) is 9.77. The van der Waals surface area contributed by atoms with Crippen LogP contribution in [-0.4, -0.2) is 14.3 Å². The lowest BCUT2D eigenvalue weighted by atomic mass is 10.0. The average Bonchev–Trinajstić information content (AvgIpc) is 2.72. The molecule has 3 aromatic rings. The van der Waals surface area contributed by atoms with E-state index in [0.29, 0.717) is 11.3 Å². The molecule has 1 atom stereocenters. The predicted molar refractivity (Wildman–Crippen MR) is 128 cm³/mol. The van der Waals surface area contributed by atoms with Gasteiger partial charge in [-0.3, -0.25) is 4.79 Å². The Labute approximate surface area is 192 Å². The van der Waals surface area contributed by atoms with Gasteiger partial charge >= 0.3 is 0 Å². The van der Waals surface area contributed by atoms with Gasteiger partial charge in [-0.1, -0.05) is 48.0 Å². The highest BCUT2D eigenvalue weighted by Gasteiger charge is 2.24. The first-order valence-electron chi connectivity index (χ1n) is 9.86. The number of amides is 1. The molecule has 0 spiro atoms. The van der Waals surface area contributed by atoms with Crippen molar-refractivity contribution in [2.45, 2.75) is 38.1 Å². The van der Waals surface area contributed by atoms with Crippen molar-refractivity contribution >= 4 is 37.5 Å². The van der Waals surface area contributed by atoms with Gasteiger partial charge in [0.15, 0.2) is 0 Å². The molecular formula is C24H25BrN2O3S. The SMILES string of the molecule is Cc1ccc(S(=O)(=O)N[C@@H](CC(=O)Nc2cc(C)c(C)cc2Br)c2ccccc2)cc1. The van der Waals surface area contributed by atoms with Crippen LogP contribution in [0, 0.1) is 20.8 Å². The standard InChI is InChI=1S/C24H25BrN2O3S/c1-16-9-11-20(12-10-16)31(29,30)27-22(19-7-5-4-6-8-19)15-24(28)26-23-14-18(3)17(2)13-21(23)25/h4-14,22,27H,15H2,1-3H3,(H,26,28)/t22-/m0/s1. The monoisotopic (exact) mass is 500 g/mol. The quantitative estimate of drug-likeness (QED) is 0.454. The maximum atomic E-state index is 13.0. The van der Waals surface area contributed by atoms with E-state index in [1.54, 1.807) is 24.3 Å². The van der Waals surface area contributed by atoms with Crippen LogP contribution in [0.25, 0.3) is 0 Å². The summed E-state index contributed by atoms with van der Waals surface area (Å²) in [6.45, 7) is 5.86. The number of rotatable bonds is 7. The molecule has 5 nitrogen and oxygen atoms in total. The second-order valence-corrected chi connectivity index (χ2v) is 10.1. The summed E-state index contributed by atoms with van der Waals surface area (Å²) in [5.74, 6) is -0.288. The van der Waals surface area contributed by atoms with Crippen molar-refractivity contribution in [1.82, 2.24) is 4.72 Å². The van der Waals surface area contributed by atoms with Gasteiger partial charge in [0.25, 0.3) is 0 Å². The Morgan fingerprint density at radius 1 is 0.935 bits per heavy atom. The van der Waals surface area contributed by atoms with E-state index in [4.69, 9.17) is 0 Å². The zero-order chi connectivity index (χ0) is 22.6. The summed E-state index contributed by atoms with van der Waals surface area (Å²) in [6, 6.07) is 18.8. The molecule has 162 valence electrons. The summed E-state index contributed by atoms with van der Waals surface area (Å²) in [5, 5.41) is 2.89. The van der Waals surface area contributed by atoms with Gasteiger partial charge in [-0.2, -0.15) is 0 Å². The number of nitrogens with one attached hydrogen (secondary N) is 2. The minimum Gasteiger partial charge on any atom is -0.325 e. The van der Waals surface area contributed by atoms with E-state index in [2.05, 4.69) is 26.0 Å². The lowest BCUT2D eigenvalue weighted by Gasteiger charge is -2.20. The van der Waals surface area contributed by atoms with Crippen molar-refractivity contribution in [3.05, 3.63) is 93.5 Å². The fourth-order valence-electron chi connectivity index (χ4n) is 3.15. The molecule has 0 unspecified atom stereocenters. The highest BCUT2D eigenvalue weighted by molar-refractivity contribution is 9.10. The summed E-state index contributed by atoms with van der Waals surface area (Å²) in [7, 11) is -3.80. The number of carbonyl (C=O) groups is 1. The number of hydrogen-bond acceptors (Lipinski definition) is 3. The summed E-state index contributed by atoms with van der Waals surface area (Å²) in [4.78, 5) is 13.0. The van der Waals surface area contributed by atoms with Gasteiger partial charge in [-0.05, 0) is 77.7 Å². The third kappa shape index (κ3) is 6.03. The zero-order valence-corrected chi connectivity index (χ0v) is 20.0. The molecule has 0 aromatic heterocycles. The van der Waals surface area contributed by atoms with Gasteiger partial charge in [-0.15, -0.1) is 0 Å². The molecule has 0 fully saturated rings. The van der Waals surface area contributed by atoms with Crippen molar-refractivity contribution in [3.63, 3.8) is 0 Å². The Morgan fingerprint density at radius 2 is 1.55 bits per heavy atom. The summed E-state index contributed by atoms with van der Waals surface area (Å²) in [5.41, 5.74) is 4.50. The van der Waals surface area contributed by atoms with Gasteiger partial charge in [0.1, 0.15) is 0 Å². The minimum absolute atomic E-state index is 0.0472. The third-order valence-corrected chi connectivity index (χ3v) is 7.22. The first-order chi connectivity index (χ1) is 14.7. The number of carbonyl (C=O) groups excluding carboxylic acids is 1. The third-order valence-electron chi connectivity index (χ3n) is 5.08. The molecule has 7 heteroatoms. The molecule has 0 aliphatic heterocycles. The first kappa shape index (κ1) is 23.2. The van der Waals surface area contributed by atoms with Crippen molar-refractivity contribution in [1.29, 1.82) is 0 Å². The van der Waals surface area contributed by atoms with Gasteiger partial charge in [-0.25, -0.2) is 13.1 Å². The molecule has 3 aromatic carbocycles. The van der Waals surface area contributed by atoms with Crippen molar-refractivity contribution < 1.29 is 13.2 Å². The van der Waals surface area contributed by atoms with E-state index in [0.717, 1.165) is 21.2 Å². The van der Waals surface area contributed by atoms with Gasteiger partial charge in [0.2, 0.25) is 15.9 Å². The smallest absolute Gasteiger partial charge is 0.241 e. The maximum absolute atomic E-state index is 13.0. The minimum atomic E-state index is -3.80. The molecule has 0 saturated heterocycles. The fourth-order valence-corrected chi connectivity index (χ4v) is 4.93. The highest BCUT2D eigenvalue weighted by Crippen LogP contribution is 2.27. The normalized spacial score (nSPS) is 12.4. The molecule has 31 heavy (non-hydrogen) atoms. The topological polar surface area (TPSA) is 75.3 Å². The number of anilines is 1. The average molecular weight is 501 g/mol. The molecule has 3 rings (SSSR count). The van der Waals surface area contributed by atoms with Crippen LogP contribution in [0.4, 0.5) is 5.69 Å². The highest BCUT2D eigenvalue weighted by atomic mass is 79.9. The van der Waals surface area contributed by atoms with E-state index in [1.807, 2.05) is 63.2 Å². The molecule has 2 N–H and O–H groups in total. The van der Waals surface area contributed by atoms with Crippen LogP contribution in [-0.2, 0) is 14.8 Å². The lowest BCUT2D eigenvalue weighted by molar-refractivity contribution is -0.116. The zero-order valence-electron chi connectivity index (χ0n) is 17.6. The molecule has 0 radical (unpaired) electrons. The van der Waals surface area contributed by atoms with E-state index in [9.17, 15) is 13.2 Å². The summed E-state index contributed by atoms with van der Waals surface area (Å²) < 4.78 is 29.4. The molecule has 0 bridgehead atoms. The molecule has 0 aliphatic carbocycles. The maximum Gasteiger partial charge on any atom is 0.241 e. The molecule has 0 saturated carbocycles. The van der Waals surface area contributed by atoms with E-state index in [1.165, 1.54) is 0 Å². The van der Waals surface area contributed by atoms with Gasteiger partial charge < -0.3 is 5.32 Å². The van der Waals surface area contributed by atoms with Gasteiger partial charge in [0, 0.05) is 10.9 Å². The molecule has 0 heterocycles. The fraction of sp³-hybridized carbons (Fsp3) is 0.208. The van der Waals surface area contributed by atoms with Crippen LogP contribution in [0.1, 0.15) is 34.7 Å². The Hall–Kier alpha value is -2.48. The van der Waals surface area contributed by atoms with E-state index >= 15 is 0 Å². The van der Waals surface area contributed by atoms with Gasteiger partial charge in [0.05, 0.1) is 16.6 Å².